The van der Waals surface area contributed by atoms with Crippen molar-refractivity contribution >= 4 is 34.8 Å². The Morgan fingerprint density at radius 1 is 1.35 bits per heavy atom. The molecule has 0 spiro atoms. The summed E-state index contributed by atoms with van der Waals surface area (Å²) in [5.74, 6) is -1.56. The van der Waals surface area contributed by atoms with Gasteiger partial charge in [-0.05, 0) is 30.6 Å². The summed E-state index contributed by atoms with van der Waals surface area (Å²) in [6.45, 7) is 1.89. The number of nitrogens with one attached hydrogen (secondary N) is 3. The van der Waals surface area contributed by atoms with E-state index < -0.39 is 29.4 Å². The highest BCUT2D eigenvalue weighted by Crippen LogP contribution is 2.34. The lowest BCUT2D eigenvalue weighted by molar-refractivity contribution is -0.125. The van der Waals surface area contributed by atoms with E-state index in [1.54, 1.807) is 6.07 Å². The third-order valence-electron chi connectivity index (χ3n) is 5.43. The highest BCUT2D eigenvalue weighted by molar-refractivity contribution is 6.08. The standard InChI is InChI=1S/C21H18N6O4/c1-10-2-3-11-8-27(18(28)12(11)6-10)9-21(19(29)25-20(30)26-21)16-7-14-15(31-16)5-4-13(24-14)17(22)23/h2-7H,8-9H2,1H3,(H3,22,23)(H2,25,26,29,30)/t21-/m0/s1/i4D,5D. The third-order valence-corrected chi connectivity index (χ3v) is 5.43. The average molecular weight is 420 g/mol. The highest BCUT2D eigenvalue weighted by atomic mass is 16.3. The molecule has 2 aromatic heterocycles. The fourth-order valence-electron chi connectivity index (χ4n) is 3.90. The van der Waals surface area contributed by atoms with Gasteiger partial charge in [0.1, 0.15) is 22.8 Å². The van der Waals surface area contributed by atoms with Gasteiger partial charge in [-0.15, -0.1) is 0 Å². The molecule has 2 aliphatic heterocycles. The monoisotopic (exact) mass is 420 g/mol. The maximum absolute atomic E-state index is 13.0. The second-order valence-corrected chi connectivity index (χ2v) is 7.58. The Balaban J connectivity index is 1.61. The number of rotatable bonds is 4. The van der Waals surface area contributed by atoms with Crippen molar-refractivity contribution in [2.75, 3.05) is 6.54 Å². The number of nitrogens with zero attached hydrogens (tertiary/aromatic N) is 2. The number of nitrogen functional groups attached to an aromatic ring is 1. The summed E-state index contributed by atoms with van der Waals surface area (Å²) in [6, 6.07) is 5.34. The number of amides is 4. The van der Waals surface area contributed by atoms with Gasteiger partial charge in [-0.25, -0.2) is 9.78 Å². The maximum atomic E-state index is 13.0. The molecular formula is C21H18N6O4. The van der Waals surface area contributed by atoms with E-state index in [2.05, 4.69) is 15.6 Å². The number of imide groups is 1. The van der Waals surface area contributed by atoms with E-state index in [9.17, 15) is 14.4 Å². The van der Waals surface area contributed by atoms with Gasteiger partial charge in [0.15, 0.2) is 11.1 Å². The zero-order valence-electron chi connectivity index (χ0n) is 18.3. The van der Waals surface area contributed by atoms with Crippen molar-refractivity contribution in [3.05, 3.63) is 64.5 Å². The smallest absolute Gasteiger partial charge is 0.322 e. The molecule has 2 aliphatic rings. The number of carbonyl (C=O) groups excluding carboxylic acids is 3. The van der Waals surface area contributed by atoms with Crippen LogP contribution in [0.1, 0.15) is 35.7 Å². The highest BCUT2D eigenvalue weighted by Gasteiger charge is 2.53. The van der Waals surface area contributed by atoms with Crippen LogP contribution < -0.4 is 16.4 Å². The Morgan fingerprint density at radius 2 is 2.16 bits per heavy atom. The van der Waals surface area contributed by atoms with Crippen molar-refractivity contribution in [1.29, 1.82) is 5.41 Å². The molecule has 0 saturated carbocycles. The average Bonchev–Trinajstić information content (AvgIpc) is 3.40. The molecule has 3 aromatic rings. The van der Waals surface area contributed by atoms with Crippen LogP contribution in [-0.2, 0) is 16.9 Å². The third kappa shape index (κ3) is 2.83. The second-order valence-electron chi connectivity index (χ2n) is 7.58. The van der Waals surface area contributed by atoms with Crippen LogP contribution in [0.25, 0.3) is 11.1 Å². The van der Waals surface area contributed by atoms with Crippen molar-refractivity contribution in [2.24, 2.45) is 5.73 Å². The van der Waals surface area contributed by atoms with Crippen molar-refractivity contribution in [3.8, 4) is 0 Å². The maximum Gasteiger partial charge on any atom is 0.322 e. The molecule has 31 heavy (non-hydrogen) atoms. The number of hydrogen-bond acceptors (Lipinski definition) is 6. The number of pyridine rings is 1. The summed E-state index contributed by atoms with van der Waals surface area (Å²) < 4.78 is 22.0. The number of aromatic nitrogens is 1. The van der Waals surface area contributed by atoms with Crippen molar-refractivity contribution < 1.29 is 21.5 Å². The summed E-state index contributed by atoms with van der Waals surface area (Å²) >= 11 is 0. The molecule has 0 bridgehead atoms. The topological polar surface area (TPSA) is 154 Å². The first-order chi connectivity index (χ1) is 15.6. The first-order valence-corrected chi connectivity index (χ1v) is 9.39. The van der Waals surface area contributed by atoms with Gasteiger partial charge >= 0.3 is 6.03 Å². The summed E-state index contributed by atoms with van der Waals surface area (Å²) in [4.78, 5) is 43.7. The molecule has 5 rings (SSSR count). The Bertz CT molecular complexity index is 1420. The number of benzene rings is 1. The minimum absolute atomic E-state index is 0.0538. The van der Waals surface area contributed by atoms with Gasteiger partial charge in [0.2, 0.25) is 0 Å². The lowest BCUT2D eigenvalue weighted by Gasteiger charge is -2.28. The second kappa shape index (κ2) is 6.39. The number of nitrogens with two attached hydrogens (primary N) is 1. The Morgan fingerprint density at radius 3 is 2.87 bits per heavy atom. The first kappa shape index (κ1) is 16.6. The summed E-state index contributed by atoms with van der Waals surface area (Å²) in [7, 11) is 0. The Labute approximate surface area is 178 Å². The van der Waals surface area contributed by atoms with E-state index in [1.165, 1.54) is 11.0 Å². The van der Waals surface area contributed by atoms with E-state index in [-0.39, 0.29) is 47.6 Å². The fourth-order valence-corrected chi connectivity index (χ4v) is 3.90. The Hall–Kier alpha value is -4.21. The number of aryl methyl sites for hydroxylation is 1. The van der Waals surface area contributed by atoms with Crippen LogP contribution in [0.4, 0.5) is 4.79 Å². The van der Waals surface area contributed by atoms with Crippen molar-refractivity contribution in [3.63, 3.8) is 0 Å². The lowest BCUT2D eigenvalue weighted by Crippen LogP contribution is -2.52. The Kier molecular flexibility index (Phi) is 3.42. The van der Waals surface area contributed by atoms with E-state index >= 15 is 0 Å². The van der Waals surface area contributed by atoms with E-state index in [1.807, 2.05) is 19.1 Å². The zero-order chi connectivity index (χ0) is 23.7. The quantitative estimate of drug-likeness (QED) is 0.282. The number of amidine groups is 1. The lowest BCUT2D eigenvalue weighted by atomic mass is 9.95. The first-order valence-electron chi connectivity index (χ1n) is 10.4. The molecule has 0 radical (unpaired) electrons. The van der Waals surface area contributed by atoms with Crippen molar-refractivity contribution in [1.82, 2.24) is 20.5 Å². The van der Waals surface area contributed by atoms with Gasteiger partial charge in [0.25, 0.3) is 11.8 Å². The predicted molar refractivity (Wildman–Crippen MR) is 109 cm³/mol. The van der Waals surface area contributed by atoms with Gasteiger partial charge < -0.3 is 20.4 Å². The van der Waals surface area contributed by atoms with Crippen LogP contribution in [-0.4, -0.2) is 40.1 Å². The number of urea groups is 1. The van der Waals surface area contributed by atoms with Crippen LogP contribution in [0.15, 0.2) is 40.8 Å². The molecule has 5 N–H and O–H groups in total. The number of carbonyl (C=O) groups is 3. The molecule has 1 aromatic carbocycles. The van der Waals surface area contributed by atoms with E-state index in [4.69, 9.17) is 18.3 Å². The number of hydrogen-bond donors (Lipinski definition) is 4. The molecule has 10 heteroatoms. The van der Waals surface area contributed by atoms with E-state index in [0.717, 1.165) is 11.1 Å². The minimum atomic E-state index is -1.77. The molecule has 0 unspecified atom stereocenters. The molecule has 10 nitrogen and oxygen atoms in total. The fraction of sp³-hybridized carbons (Fsp3) is 0.190. The van der Waals surface area contributed by atoms with Crippen LogP contribution in [0.2, 0.25) is 0 Å². The van der Waals surface area contributed by atoms with Gasteiger partial charge in [-0.3, -0.25) is 20.3 Å². The number of fused-ring (bicyclic) bond motifs is 2. The molecule has 4 heterocycles. The normalized spacial score (nSPS) is 21.1. The van der Waals surface area contributed by atoms with Gasteiger partial charge in [0.05, 0.1) is 9.29 Å². The van der Waals surface area contributed by atoms with Crippen LogP contribution in [0.3, 0.4) is 0 Å². The zero-order valence-corrected chi connectivity index (χ0v) is 16.3. The predicted octanol–water partition coefficient (Wildman–Crippen LogP) is 1.11. The molecule has 0 aliphatic carbocycles. The summed E-state index contributed by atoms with van der Waals surface area (Å²) in [5.41, 5.74) is 5.75. The molecule has 4 amide bonds. The van der Waals surface area contributed by atoms with Crippen LogP contribution in [0.5, 0.6) is 0 Å². The number of furan rings is 1. The largest absolute Gasteiger partial charge is 0.456 e. The van der Waals surface area contributed by atoms with Crippen LogP contribution in [0, 0.1) is 12.3 Å². The molecule has 156 valence electrons. The SMILES string of the molecule is [2H]c1c(C(=N)N)nc2cc([C@]3(CN4Cc5ccc(C)cc5C4=O)NC(=O)NC3=O)oc2c1[2H]. The van der Waals surface area contributed by atoms with Gasteiger partial charge in [-0.1, -0.05) is 17.7 Å². The molecule has 1 atom stereocenters. The molecule has 1 fully saturated rings. The van der Waals surface area contributed by atoms with Crippen LogP contribution >= 0.6 is 0 Å². The summed E-state index contributed by atoms with van der Waals surface area (Å²) in [5, 5.41) is 12.3. The minimum Gasteiger partial charge on any atom is -0.456 e. The molecular weight excluding hydrogens is 400 g/mol. The van der Waals surface area contributed by atoms with E-state index in [0.29, 0.717) is 5.56 Å². The van der Waals surface area contributed by atoms with Gasteiger partial charge in [0, 0.05) is 18.2 Å². The van der Waals surface area contributed by atoms with Gasteiger partial charge in [-0.2, -0.15) is 0 Å². The summed E-state index contributed by atoms with van der Waals surface area (Å²) in [6.07, 6.45) is 0. The molecule has 1 saturated heterocycles. The van der Waals surface area contributed by atoms with Crippen molar-refractivity contribution in [2.45, 2.75) is 19.0 Å².